The first-order chi connectivity index (χ1) is 7.13. The quantitative estimate of drug-likeness (QED) is 0.793. The number of rotatable bonds is 4. The summed E-state index contributed by atoms with van der Waals surface area (Å²) >= 11 is 1.52. The largest absolute Gasteiger partial charge is 0.359 e. The zero-order valence-corrected chi connectivity index (χ0v) is 10.1. The summed E-state index contributed by atoms with van der Waals surface area (Å²) < 4.78 is 0. The Morgan fingerprint density at radius 1 is 1.73 bits per heavy atom. The van der Waals surface area contributed by atoms with Crippen molar-refractivity contribution < 1.29 is 4.79 Å². The third kappa shape index (κ3) is 2.96. The number of hydrogen-bond donors (Lipinski definition) is 1. The molecule has 1 fully saturated rings. The number of nitrogens with zero attached hydrogens (tertiary/aromatic N) is 1. The minimum Gasteiger partial charge on any atom is -0.359 e. The molecule has 1 rings (SSSR count). The molecule has 1 unspecified atom stereocenters. The third-order valence-corrected chi connectivity index (χ3v) is 2.94. The lowest BCUT2D eigenvalue weighted by Crippen LogP contribution is -2.18. The lowest BCUT2D eigenvalue weighted by atomic mass is 10.2. The molecular formula is C11H16N2OS. The van der Waals surface area contributed by atoms with Gasteiger partial charge in [-0.3, -0.25) is 4.79 Å². The maximum Gasteiger partial charge on any atom is 0.220 e. The highest BCUT2D eigenvalue weighted by atomic mass is 32.2. The summed E-state index contributed by atoms with van der Waals surface area (Å²) in [5.41, 5.74) is 2.19. The van der Waals surface area contributed by atoms with Gasteiger partial charge in [0.15, 0.2) is 0 Å². The first kappa shape index (κ1) is 12.0. The van der Waals surface area contributed by atoms with E-state index in [-0.39, 0.29) is 11.8 Å². The van der Waals surface area contributed by atoms with Crippen molar-refractivity contribution in [1.29, 1.82) is 0 Å². The van der Waals surface area contributed by atoms with E-state index in [9.17, 15) is 4.79 Å². The van der Waals surface area contributed by atoms with Gasteiger partial charge in [0.25, 0.3) is 0 Å². The molecule has 0 aliphatic heterocycles. The fraction of sp³-hybridized carbons (Fsp3) is 0.455. The zero-order valence-electron chi connectivity index (χ0n) is 9.33. The molecule has 0 aromatic heterocycles. The van der Waals surface area contributed by atoms with Gasteiger partial charge in [-0.15, -0.1) is 11.8 Å². The van der Waals surface area contributed by atoms with Gasteiger partial charge in [-0.25, -0.2) is 4.99 Å². The van der Waals surface area contributed by atoms with Crippen LogP contribution in [0.25, 0.3) is 0 Å². The van der Waals surface area contributed by atoms with E-state index in [2.05, 4.69) is 16.9 Å². The SMILES string of the molecule is C=C(/N=C1\C(=C/C)C1CC(=O)NC)SC. The van der Waals surface area contributed by atoms with Gasteiger partial charge in [-0.1, -0.05) is 12.7 Å². The van der Waals surface area contributed by atoms with Gasteiger partial charge in [-0.2, -0.15) is 0 Å². The van der Waals surface area contributed by atoms with Crippen LogP contribution in [0.4, 0.5) is 0 Å². The smallest absolute Gasteiger partial charge is 0.220 e. The van der Waals surface area contributed by atoms with E-state index in [0.717, 1.165) is 10.7 Å². The van der Waals surface area contributed by atoms with Crippen LogP contribution in [-0.4, -0.2) is 24.9 Å². The Bertz CT molecular complexity index is 344. The molecule has 15 heavy (non-hydrogen) atoms. The van der Waals surface area contributed by atoms with Crippen molar-refractivity contribution in [1.82, 2.24) is 5.32 Å². The molecule has 82 valence electrons. The molecule has 1 atom stereocenters. The lowest BCUT2D eigenvalue weighted by Gasteiger charge is -1.94. The Morgan fingerprint density at radius 3 is 2.87 bits per heavy atom. The van der Waals surface area contributed by atoms with E-state index in [4.69, 9.17) is 0 Å². The first-order valence-electron chi connectivity index (χ1n) is 4.82. The van der Waals surface area contributed by atoms with Gasteiger partial charge in [0.1, 0.15) is 0 Å². The Kier molecular flexibility index (Phi) is 4.15. The van der Waals surface area contributed by atoms with Crippen molar-refractivity contribution >= 4 is 23.4 Å². The fourth-order valence-corrected chi connectivity index (χ4v) is 1.63. The number of allylic oxidation sites excluding steroid dienone is 2. The van der Waals surface area contributed by atoms with E-state index >= 15 is 0 Å². The summed E-state index contributed by atoms with van der Waals surface area (Å²) in [5, 5.41) is 3.42. The molecule has 0 radical (unpaired) electrons. The van der Waals surface area contributed by atoms with Crippen LogP contribution in [-0.2, 0) is 4.79 Å². The number of thioether (sulfide) groups is 1. The number of carbonyl (C=O) groups is 1. The van der Waals surface area contributed by atoms with Crippen LogP contribution >= 0.6 is 11.8 Å². The molecule has 4 heteroatoms. The van der Waals surface area contributed by atoms with Crippen LogP contribution in [0.5, 0.6) is 0 Å². The van der Waals surface area contributed by atoms with Crippen LogP contribution in [0.15, 0.2) is 28.2 Å². The Hall–Kier alpha value is -1.03. The van der Waals surface area contributed by atoms with Crippen molar-refractivity contribution in [3.8, 4) is 0 Å². The Labute approximate surface area is 94.7 Å². The first-order valence-corrected chi connectivity index (χ1v) is 6.05. The molecule has 0 aromatic rings. The molecule has 0 aromatic carbocycles. The Morgan fingerprint density at radius 2 is 2.40 bits per heavy atom. The maximum absolute atomic E-state index is 11.2. The molecule has 0 saturated heterocycles. The second-order valence-electron chi connectivity index (χ2n) is 3.27. The molecule has 0 bridgehead atoms. The summed E-state index contributed by atoms with van der Waals surface area (Å²) in [4.78, 5) is 15.6. The molecule has 1 aliphatic carbocycles. The molecule has 1 N–H and O–H groups in total. The summed E-state index contributed by atoms with van der Waals surface area (Å²) in [6, 6.07) is 0. The van der Waals surface area contributed by atoms with E-state index < -0.39 is 0 Å². The van der Waals surface area contributed by atoms with E-state index in [1.165, 1.54) is 17.3 Å². The molecular weight excluding hydrogens is 208 g/mol. The summed E-state index contributed by atoms with van der Waals surface area (Å²) in [6.07, 6.45) is 4.45. The van der Waals surface area contributed by atoms with Crippen LogP contribution in [0.3, 0.4) is 0 Å². The van der Waals surface area contributed by atoms with E-state index in [0.29, 0.717) is 6.42 Å². The maximum atomic E-state index is 11.2. The van der Waals surface area contributed by atoms with Gasteiger partial charge < -0.3 is 5.32 Å². The van der Waals surface area contributed by atoms with Gasteiger partial charge >= 0.3 is 0 Å². The van der Waals surface area contributed by atoms with Crippen molar-refractivity contribution in [3.05, 3.63) is 23.3 Å². The predicted octanol–water partition coefficient (Wildman–Crippen LogP) is 1.97. The number of amides is 1. The van der Waals surface area contributed by atoms with Crippen molar-refractivity contribution in [2.24, 2.45) is 10.9 Å². The molecule has 1 aliphatic rings. The standard InChI is InChI=1S/C11H16N2OS/c1-5-8-9(6-10(14)12-3)11(8)13-7(2)15-4/h5,9H,2,6H2,1,3-4H3,(H,12,14)/b8-5-,13-11+. The second kappa shape index (κ2) is 5.16. The third-order valence-electron chi connectivity index (χ3n) is 2.38. The monoisotopic (exact) mass is 224 g/mol. The lowest BCUT2D eigenvalue weighted by molar-refractivity contribution is -0.120. The van der Waals surface area contributed by atoms with Crippen molar-refractivity contribution in [3.63, 3.8) is 0 Å². The summed E-state index contributed by atoms with van der Waals surface area (Å²) in [5.74, 6) is 0.262. The molecule has 1 saturated carbocycles. The van der Waals surface area contributed by atoms with Crippen LogP contribution in [0.2, 0.25) is 0 Å². The van der Waals surface area contributed by atoms with Gasteiger partial charge in [0.05, 0.1) is 10.7 Å². The van der Waals surface area contributed by atoms with Gasteiger partial charge in [-0.05, 0) is 18.8 Å². The van der Waals surface area contributed by atoms with Crippen LogP contribution < -0.4 is 5.32 Å². The van der Waals surface area contributed by atoms with Gasteiger partial charge in [0.2, 0.25) is 5.91 Å². The minimum absolute atomic E-state index is 0.0549. The summed E-state index contributed by atoms with van der Waals surface area (Å²) in [6.45, 7) is 5.77. The molecule has 3 nitrogen and oxygen atoms in total. The second-order valence-corrected chi connectivity index (χ2v) is 4.15. The zero-order chi connectivity index (χ0) is 11.4. The average Bonchev–Trinajstić information content (AvgIpc) is 2.89. The number of nitrogens with one attached hydrogen (secondary N) is 1. The fourth-order valence-electron chi connectivity index (χ4n) is 1.44. The number of hydrogen-bond acceptors (Lipinski definition) is 3. The number of carbonyl (C=O) groups excluding carboxylic acids is 1. The highest BCUT2D eigenvalue weighted by Crippen LogP contribution is 2.38. The van der Waals surface area contributed by atoms with Crippen LogP contribution in [0.1, 0.15) is 13.3 Å². The van der Waals surface area contributed by atoms with Crippen LogP contribution in [0, 0.1) is 5.92 Å². The van der Waals surface area contributed by atoms with E-state index in [1.807, 2.05) is 19.3 Å². The van der Waals surface area contributed by atoms with E-state index in [1.54, 1.807) is 7.05 Å². The minimum atomic E-state index is 0.0549. The molecule has 1 amide bonds. The topological polar surface area (TPSA) is 41.5 Å². The highest BCUT2D eigenvalue weighted by Gasteiger charge is 2.40. The molecule has 0 heterocycles. The molecule has 0 spiro atoms. The summed E-state index contributed by atoms with van der Waals surface area (Å²) in [7, 11) is 1.65. The number of aliphatic imine (C=N–C) groups is 1. The van der Waals surface area contributed by atoms with Crippen molar-refractivity contribution in [2.75, 3.05) is 13.3 Å². The normalized spacial score (nSPS) is 24.3. The highest BCUT2D eigenvalue weighted by molar-refractivity contribution is 8.02. The van der Waals surface area contributed by atoms with Crippen molar-refractivity contribution in [2.45, 2.75) is 13.3 Å². The Balaban J connectivity index is 2.66. The van der Waals surface area contributed by atoms with Gasteiger partial charge in [0, 0.05) is 19.4 Å². The predicted molar refractivity (Wildman–Crippen MR) is 66.0 cm³/mol. The average molecular weight is 224 g/mol.